The van der Waals surface area contributed by atoms with E-state index in [2.05, 4.69) is 96.8 Å². The van der Waals surface area contributed by atoms with Gasteiger partial charge < -0.3 is 0 Å². The van der Waals surface area contributed by atoms with E-state index in [0.29, 0.717) is 0 Å². The van der Waals surface area contributed by atoms with Crippen molar-refractivity contribution in [2.45, 2.75) is 16.7 Å². The van der Waals surface area contributed by atoms with E-state index in [0.717, 1.165) is 0 Å². The lowest BCUT2D eigenvalue weighted by atomic mass is 9.92. The third-order valence-corrected chi connectivity index (χ3v) is 6.20. The summed E-state index contributed by atoms with van der Waals surface area (Å²) in [5, 5.41) is 5.00. The van der Waals surface area contributed by atoms with Gasteiger partial charge in [-0.25, -0.2) is 0 Å². The molecule has 0 amide bonds. The molecule has 1 aromatic heterocycles. The molecule has 5 aromatic rings. The Balaban J connectivity index is 1.88. The monoisotopic (exact) mass is 377 g/mol. The van der Waals surface area contributed by atoms with Crippen LogP contribution in [-0.4, -0.2) is 4.98 Å². The van der Waals surface area contributed by atoms with Crippen molar-refractivity contribution in [3.63, 3.8) is 0 Å². The van der Waals surface area contributed by atoms with Crippen LogP contribution in [0.1, 0.15) is 5.56 Å². The zero-order valence-corrected chi connectivity index (χ0v) is 16.4. The number of rotatable bonds is 3. The lowest BCUT2D eigenvalue weighted by molar-refractivity contribution is 1.35. The minimum atomic E-state index is 1.20. The van der Waals surface area contributed by atoms with E-state index in [1.165, 1.54) is 48.0 Å². The van der Waals surface area contributed by atoms with Gasteiger partial charge in [0, 0.05) is 27.6 Å². The van der Waals surface area contributed by atoms with Crippen LogP contribution in [0, 0.1) is 6.92 Å². The molecule has 0 fully saturated rings. The van der Waals surface area contributed by atoms with E-state index in [4.69, 9.17) is 0 Å². The van der Waals surface area contributed by atoms with Gasteiger partial charge in [-0.1, -0.05) is 84.1 Å². The highest BCUT2D eigenvalue weighted by molar-refractivity contribution is 7.99. The summed E-state index contributed by atoms with van der Waals surface area (Å²) < 4.78 is 0. The highest BCUT2D eigenvalue weighted by atomic mass is 32.2. The number of aryl methyl sites for hydroxylation is 1. The largest absolute Gasteiger partial charge is 0.264 e. The quantitative estimate of drug-likeness (QED) is 0.302. The molecule has 0 aliphatic heterocycles. The van der Waals surface area contributed by atoms with Gasteiger partial charge in [-0.15, -0.1) is 0 Å². The van der Waals surface area contributed by atoms with E-state index in [-0.39, 0.29) is 0 Å². The van der Waals surface area contributed by atoms with Gasteiger partial charge in [0.25, 0.3) is 0 Å². The van der Waals surface area contributed by atoms with Crippen molar-refractivity contribution in [2.24, 2.45) is 0 Å². The van der Waals surface area contributed by atoms with E-state index < -0.39 is 0 Å². The number of nitrogens with zero attached hydrogens (tertiary/aromatic N) is 1. The number of aromatic nitrogens is 1. The zero-order valence-electron chi connectivity index (χ0n) is 15.6. The fraction of sp³-hybridized carbons (Fsp3) is 0.0385. The zero-order chi connectivity index (χ0) is 18.9. The second-order valence-electron chi connectivity index (χ2n) is 6.96. The third-order valence-electron chi connectivity index (χ3n) is 5.05. The molecule has 1 heterocycles. The van der Waals surface area contributed by atoms with Crippen molar-refractivity contribution in [2.75, 3.05) is 0 Å². The average Bonchev–Trinajstić information content (AvgIpc) is 2.74. The molecule has 0 aliphatic carbocycles. The third kappa shape index (κ3) is 2.96. The van der Waals surface area contributed by atoms with Gasteiger partial charge in [0.05, 0.1) is 0 Å². The number of hydrogen-bond acceptors (Lipinski definition) is 2. The number of pyridine rings is 1. The maximum Gasteiger partial charge on any atom is 0.0353 e. The lowest BCUT2D eigenvalue weighted by Crippen LogP contribution is -1.90. The minimum absolute atomic E-state index is 1.20. The van der Waals surface area contributed by atoms with Crippen molar-refractivity contribution in [3.8, 4) is 11.1 Å². The van der Waals surface area contributed by atoms with E-state index in [1.807, 2.05) is 24.2 Å². The molecule has 0 aliphatic rings. The van der Waals surface area contributed by atoms with Crippen LogP contribution < -0.4 is 0 Å². The van der Waals surface area contributed by atoms with Crippen molar-refractivity contribution in [1.29, 1.82) is 0 Å². The first-order valence-corrected chi connectivity index (χ1v) is 10.2. The Morgan fingerprint density at radius 3 is 2.25 bits per heavy atom. The normalized spacial score (nSPS) is 11.2. The first-order valence-electron chi connectivity index (χ1n) is 9.39. The molecule has 0 atom stereocenters. The fourth-order valence-corrected chi connectivity index (χ4v) is 4.91. The van der Waals surface area contributed by atoms with Crippen LogP contribution in [0.25, 0.3) is 32.7 Å². The van der Waals surface area contributed by atoms with Crippen LogP contribution in [0.3, 0.4) is 0 Å². The molecule has 5 rings (SSSR count). The Hall–Kier alpha value is -3.10. The van der Waals surface area contributed by atoms with Crippen molar-refractivity contribution >= 4 is 33.3 Å². The van der Waals surface area contributed by atoms with Crippen molar-refractivity contribution < 1.29 is 0 Å². The number of benzene rings is 4. The van der Waals surface area contributed by atoms with Crippen LogP contribution in [0.4, 0.5) is 0 Å². The van der Waals surface area contributed by atoms with Crippen molar-refractivity contribution in [3.05, 3.63) is 103 Å². The second kappa shape index (κ2) is 7.14. The molecule has 28 heavy (non-hydrogen) atoms. The van der Waals surface area contributed by atoms with Crippen LogP contribution in [-0.2, 0) is 0 Å². The van der Waals surface area contributed by atoms with Crippen LogP contribution in [0.5, 0.6) is 0 Å². The summed E-state index contributed by atoms with van der Waals surface area (Å²) >= 11 is 1.83. The van der Waals surface area contributed by atoms with Gasteiger partial charge in [-0.2, -0.15) is 0 Å². The average molecular weight is 378 g/mol. The molecule has 0 unspecified atom stereocenters. The standard InChI is InChI=1S/C26H19NS/c1-18-8-7-9-19(16-18)25-21-12-5-6-13-22(21)26(23-14-15-27-17-24(23)25)28-20-10-3-2-4-11-20/h2-17H,1H3. The summed E-state index contributed by atoms with van der Waals surface area (Å²) in [5.74, 6) is 0. The Morgan fingerprint density at radius 1 is 0.679 bits per heavy atom. The topological polar surface area (TPSA) is 12.9 Å². The highest BCUT2D eigenvalue weighted by Gasteiger charge is 2.16. The minimum Gasteiger partial charge on any atom is -0.264 e. The van der Waals surface area contributed by atoms with Gasteiger partial charge in [0.1, 0.15) is 0 Å². The Bertz CT molecular complexity index is 1240. The lowest BCUT2D eigenvalue weighted by Gasteiger charge is -2.17. The van der Waals surface area contributed by atoms with Gasteiger partial charge in [-0.3, -0.25) is 4.98 Å². The molecule has 0 saturated heterocycles. The number of hydrogen-bond donors (Lipinski definition) is 0. The first kappa shape index (κ1) is 17.0. The Morgan fingerprint density at radius 2 is 1.43 bits per heavy atom. The molecule has 0 radical (unpaired) electrons. The highest BCUT2D eigenvalue weighted by Crippen LogP contribution is 2.44. The summed E-state index contributed by atoms with van der Waals surface area (Å²) in [6.45, 7) is 2.14. The summed E-state index contributed by atoms with van der Waals surface area (Å²) in [4.78, 5) is 7.00. The summed E-state index contributed by atoms with van der Waals surface area (Å²) in [6.07, 6.45) is 3.90. The van der Waals surface area contributed by atoms with E-state index >= 15 is 0 Å². The molecule has 0 saturated carbocycles. The van der Waals surface area contributed by atoms with Crippen LogP contribution in [0.15, 0.2) is 107 Å². The molecule has 0 spiro atoms. The first-order chi connectivity index (χ1) is 13.8. The van der Waals surface area contributed by atoms with Gasteiger partial charge in [0.2, 0.25) is 0 Å². The maximum absolute atomic E-state index is 4.47. The van der Waals surface area contributed by atoms with Gasteiger partial charge in [0.15, 0.2) is 0 Å². The molecule has 134 valence electrons. The Kier molecular flexibility index (Phi) is 4.34. The molecule has 0 bridgehead atoms. The predicted molar refractivity (Wildman–Crippen MR) is 120 cm³/mol. The van der Waals surface area contributed by atoms with Gasteiger partial charge in [-0.05, 0) is 52.4 Å². The smallest absolute Gasteiger partial charge is 0.0353 e. The SMILES string of the molecule is Cc1cccc(-c2c3ccccc3c(Sc3ccccc3)c3ccncc23)c1. The molecule has 1 nitrogen and oxygen atoms in total. The van der Waals surface area contributed by atoms with Crippen LogP contribution >= 0.6 is 11.8 Å². The van der Waals surface area contributed by atoms with Crippen LogP contribution in [0.2, 0.25) is 0 Å². The number of fused-ring (bicyclic) bond motifs is 2. The molecular weight excluding hydrogens is 358 g/mol. The molecular formula is C26H19NS. The van der Waals surface area contributed by atoms with E-state index in [9.17, 15) is 0 Å². The summed E-state index contributed by atoms with van der Waals surface area (Å²) in [6, 6.07) is 30.2. The summed E-state index contributed by atoms with van der Waals surface area (Å²) in [7, 11) is 0. The predicted octanol–water partition coefficient (Wildman–Crippen LogP) is 7.51. The molecule has 4 aromatic carbocycles. The van der Waals surface area contributed by atoms with Crippen molar-refractivity contribution in [1.82, 2.24) is 4.98 Å². The fourth-order valence-electron chi connectivity index (χ4n) is 3.81. The second-order valence-corrected chi connectivity index (χ2v) is 8.04. The molecule has 2 heteroatoms. The summed E-state index contributed by atoms with van der Waals surface area (Å²) in [5.41, 5.74) is 3.77. The maximum atomic E-state index is 4.47. The Labute approximate surface area is 169 Å². The molecule has 0 N–H and O–H groups in total. The van der Waals surface area contributed by atoms with E-state index in [1.54, 1.807) is 0 Å². The van der Waals surface area contributed by atoms with Gasteiger partial charge >= 0.3 is 0 Å².